The maximum Gasteiger partial charge on any atom is 0.493 e. The molecule has 0 bridgehead atoms. The van der Waals surface area contributed by atoms with E-state index in [0.29, 0.717) is 17.9 Å². The molecule has 5 nitrogen and oxygen atoms in total. The van der Waals surface area contributed by atoms with Crippen LogP contribution in [-0.4, -0.2) is 36.0 Å². The van der Waals surface area contributed by atoms with Crippen LogP contribution >= 0.6 is 0 Å². The van der Waals surface area contributed by atoms with Gasteiger partial charge in [0.2, 0.25) is 0 Å². The van der Waals surface area contributed by atoms with Crippen LogP contribution in [0.3, 0.4) is 0 Å². The molecule has 0 N–H and O–H groups in total. The van der Waals surface area contributed by atoms with E-state index in [1.165, 1.54) is 0 Å². The van der Waals surface area contributed by atoms with E-state index >= 15 is 0 Å². The van der Waals surface area contributed by atoms with Crippen molar-refractivity contribution in [3.8, 4) is 0 Å². The second-order valence-electron chi connectivity index (χ2n) is 5.46. The standard InChI is InChI=1S/C13H20F3NO4/c1-9(2)8-20-12(19)17(10-6-4-3-5-7-10)21-11(18)13(14,15)16/h9-10H,3-8H2,1-2H3. The molecule has 1 aliphatic rings. The van der Waals surface area contributed by atoms with Gasteiger partial charge in [0.05, 0.1) is 12.6 Å². The summed E-state index contributed by atoms with van der Waals surface area (Å²) in [6, 6.07) is -0.565. The van der Waals surface area contributed by atoms with Gasteiger partial charge in [-0.05, 0) is 18.8 Å². The van der Waals surface area contributed by atoms with Crippen molar-refractivity contribution in [2.24, 2.45) is 5.92 Å². The molecule has 122 valence electrons. The zero-order valence-corrected chi connectivity index (χ0v) is 12.1. The topological polar surface area (TPSA) is 55.8 Å². The first-order valence-corrected chi connectivity index (χ1v) is 6.97. The van der Waals surface area contributed by atoms with Crippen molar-refractivity contribution in [2.45, 2.75) is 58.2 Å². The minimum Gasteiger partial charge on any atom is -0.447 e. The van der Waals surface area contributed by atoms with Crippen LogP contribution in [0, 0.1) is 5.92 Å². The number of hydrogen-bond donors (Lipinski definition) is 0. The fourth-order valence-corrected chi connectivity index (χ4v) is 2.02. The molecule has 0 aromatic heterocycles. The van der Waals surface area contributed by atoms with E-state index in [1.807, 2.05) is 0 Å². The van der Waals surface area contributed by atoms with Crippen LogP contribution in [-0.2, 0) is 14.4 Å². The van der Waals surface area contributed by atoms with E-state index in [-0.39, 0.29) is 12.5 Å². The molecular weight excluding hydrogens is 291 g/mol. The Balaban J connectivity index is 2.73. The van der Waals surface area contributed by atoms with Crippen molar-refractivity contribution in [1.29, 1.82) is 0 Å². The van der Waals surface area contributed by atoms with Crippen molar-refractivity contribution in [2.75, 3.05) is 6.61 Å². The largest absolute Gasteiger partial charge is 0.493 e. The molecule has 1 amide bonds. The summed E-state index contributed by atoms with van der Waals surface area (Å²) in [7, 11) is 0. The van der Waals surface area contributed by atoms with E-state index in [0.717, 1.165) is 19.3 Å². The van der Waals surface area contributed by atoms with Crippen LogP contribution in [0.5, 0.6) is 0 Å². The lowest BCUT2D eigenvalue weighted by Crippen LogP contribution is -2.45. The zero-order valence-electron chi connectivity index (χ0n) is 12.1. The number of carbonyl (C=O) groups is 2. The molecular formula is C13H20F3NO4. The third-order valence-electron chi connectivity index (χ3n) is 3.04. The van der Waals surface area contributed by atoms with Gasteiger partial charge in [0, 0.05) is 0 Å². The predicted molar refractivity (Wildman–Crippen MR) is 67.0 cm³/mol. The van der Waals surface area contributed by atoms with E-state index in [2.05, 4.69) is 4.84 Å². The Labute approximate surface area is 121 Å². The van der Waals surface area contributed by atoms with Crippen molar-refractivity contribution >= 4 is 12.1 Å². The maximum absolute atomic E-state index is 12.3. The fourth-order valence-electron chi connectivity index (χ4n) is 2.02. The normalized spacial score (nSPS) is 16.7. The zero-order chi connectivity index (χ0) is 16.0. The number of nitrogens with zero attached hydrogens (tertiary/aromatic N) is 1. The van der Waals surface area contributed by atoms with Gasteiger partial charge in [-0.25, -0.2) is 9.59 Å². The summed E-state index contributed by atoms with van der Waals surface area (Å²) in [6.07, 6.45) is -2.74. The lowest BCUT2D eigenvalue weighted by atomic mass is 9.95. The number of ether oxygens (including phenoxy) is 1. The van der Waals surface area contributed by atoms with Gasteiger partial charge in [-0.1, -0.05) is 33.1 Å². The van der Waals surface area contributed by atoms with Crippen LogP contribution in [0.1, 0.15) is 46.0 Å². The third kappa shape index (κ3) is 5.81. The molecule has 0 radical (unpaired) electrons. The monoisotopic (exact) mass is 311 g/mol. The molecule has 0 aliphatic heterocycles. The molecule has 0 unspecified atom stereocenters. The van der Waals surface area contributed by atoms with E-state index in [9.17, 15) is 22.8 Å². The van der Waals surface area contributed by atoms with Gasteiger partial charge in [0.25, 0.3) is 0 Å². The highest BCUT2D eigenvalue weighted by atomic mass is 19.4. The molecule has 0 heterocycles. The number of amides is 1. The highest BCUT2D eigenvalue weighted by molar-refractivity contribution is 5.77. The van der Waals surface area contributed by atoms with Gasteiger partial charge in [-0.3, -0.25) is 0 Å². The molecule has 0 aromatic carbocycles. The number of halogens is 3. The first-order valence-electron chi connectivity index (χ1n) is 6.97. The summed E-state index contributed by atoms with van der Waals surface area (Å²) in [5, 5.41) is 0.456. The summed E-state index contributed by atoms with van der Waals surface area (Å²) in [4.78, 5) is 27.1. The Morgan fingerprint density at radius 3 is 2.24 bits per heavy atom. The summed E-state index contributed by atoms with van der Waals surface area (Å²) >= 11 is 0. The average molecular weight is 311 g/mol. The number of carbonyl (C=O) groups excluding carboxylic acids is 2. The van der Waals surface area contributed by atoms with E-state index in [1.54, 1.807) is 13.8 Å². The van der Waals surface area contributed by atoms with Gasteiger partial charge >= 0.3 is 18.2 Å². The summed E-state index contributed by atoms with van der Waals surface area (Å²) in [5.41, 5.74) is 0. The van der Waals surface area contributed by atoms with Crippen LogP contribution < -0.4 is 0 Å². The number of rotatable bonds is 3. The first-order chi connectivity index (χ1) is 9.71. The molecule has 1 fully saturated rings. The molecule has 0 aromatic rings. The smallest absolute Gasteiger partial charge is 0.447 e. The summed E-state index contributed by atoms with van der Waals surface area (Å²) < 4.78 is 41.8. The molecule has 0 spiro atoms. The Morgan fingerprint density at radius 2 is 1.76 bits per heavy atom. The number of hydroxylamine groups is 2. The SMILES string of the molecule is CC(C)COC(=O)N(OC(=O)C(F)(F)F)C1CCCCC1. The lowest BCUT2D eigenvalue weighted by molar-refractivity contribution is -0.238. The van der Waals surface area contributed by atoms with Crippen molar-refractivity contribution in [3.05, 3.63) is 0 Å². The molecule has 1 aliphatic carbocycles. The fraction of sp³-hybridized carbons (Fsp3) is 0.846. The second-order valence-corrected chi connectivity index (χ2v) is 5.46. The lowest BCUT2D eigenvalue weighted by Gasteiger charge is -2.31. The van der Waals surface area contributed by atoms with Crippen molar-refractivity contribution < 1.29 is 32.3 Å². The molecule has 1 saturated carbocycles. The molecule has 1 rings (SSSR count). The minimum absolute atomic E-state index is 0.0282. The average Bonchev–Trinajstić information content (AvgIpc) is 2.41. The van der Waals surface area contributed by atoms with Gasteiger partial charge in [-0.15, -0.1) is 5.06 Å². The molecule has 0 atom stereocenters. The third-order valence-corrected chi connectivity index (χ3v) is 3.04. The van der Waals surface area contributed by atoms with Crippen LogP contribution in [0.25, 0.3) is 0 Å². The Morgan fingerprint density at radius 1 is 1.19 bits per heavy atom. The minimum atomic E-state index is -5.15. The maximum atomic E-state index is 12.3. The summed E-state index contributed by atoms with van der Waals surface area (Å²) in [6.45, 7) is 3.63. The van der Waals surface area contributed by atoms with Gasteiger partial charge in [0.15, 0.2) is 0 Å². The van der Waals surface area contributed by atoms with Crippen LogP contribution in [0.2, 0.25) is 0 Å². The van der Waals surface area contributed by atoms with Crippen LogP contribution in [0.4, 0.5) is 18.0 Å². The van der Waals surface area contributed by atoms with Gasteiger partial charge < -0.3 is 9.57 Å². The highest BCUT2D eigenvalue weighted by Crippen LogP contribution is 2.26. The van der Waals surface area contributed by atoms with Gasteiger partial charge in [0.1, 0.15) is 0 Å². The van der Waals surface area contributed by atoms with E-state index in [4.69, 9.17) is 4.74 Å². The Hall–Kier alpha value is -1.47. The van der Waals surface area contributed by atoms with Gasteiger partial charge in [-0.2, -0.15) is 13.2 Å². The molecule has 0 saturated heterocycles. The quantitative estimate of drug-likeness (QED) is 0.749. The summed E-state index contributed by atoms with van der Waals surface area (Å²) in [5.74, 6) is -2.38. The second kappa shape index (κ2) is 7.51. The first kappa shape index (κ1) is 17.6. The van der Waals surface area contributed by atoms with E-state index < -0.39 is 24.3 Å². The molecule has 21 heavy (non-hydrogen) atoms. The molecule has 8 heteroatoms. The number of alkyl halides is 3. The Bertz CT molecular complexity index is 365. The predicted octanol–water partition coefficient (Wildman–Crippen LogP) is 3.43. The highest BCUT2D eigenvalue weighted by Gasteiger charge is 2.45. The van der Waals surface area contributed by atoms with Crippen molar-refractivity contribution in [3.63, 3.8) is 0 Å². The van der Waals surface area contributed by atoms with Crippen LogP contribution in [0.15, 0.2) is 0 Å². The van der Waals surface area contributed by atoms with Crippen molar-refractivity contribution in [1.82, 2.24) is 5.06 Å². The Kier molecular flexibility index (Phi) is 6.29. The number of hydrogen-bond acceptors (Lipinski definition) is 4.